The molecule has 8 nitrogen and oxygen atoms in total. The molecule has 6 rings (SSSR count). The van der Waals surface area contributed by atoms with Crippen LogP contribution in [0.25, 0.3) is 10.9 Å². The van der Waals surface area contributed by atoms with E-state index in [4.69, 9.17) is 16.3 Å². The van der Waals surface area contributed by atoms with Crippen LogP contribution in [0.5, 0.6) is 0 Å². The third-order valence-corrected chi connectivity index (χ3v) is 8.26. The normalized spacial score (nSPS) is 21.7. The Bertz CT molecular complexity index is 1520. The van der Waals surface area contributed by atoms with Crippen molar-refractivity contribution in [3.63, 3.8) is 0 Å². The molecule has 1 aliphatic carbocycles. The van der Waals surface area contributed by atoms with Gasteiger partial charge in [0, 0.05) is 42.2 Å². The van der Waals surface area contributed by atoms with Crippen molar-refractivity contribution >= 4 is 41.7 Å². The van der Waals surface area contributed by atoms with E-state index in [1.807, 2.05) is 20.0 Å². The number of nitriles is 1. The molecule has 2 fully saturated rings. The average Bonchev–Trinajstić information content (AvgIpc) is 3.64. The number of fused-ring (bicyclic) bond motifs is 1. The maximum Gasteiger partial charge on any atom is 0.148 e. The van der Waals surface area contributed by atoms with Crippen LogP contribution >= 0.6 is 11.6 Å². The average molecular weight is 560 g/mol. The van der Waals surface area contributed by atoms with E-state index < -0.39 is 5.44 Å². The number of nitrogens with one attached hydrogen (secondary N) is 4. The van der Waals surface area contributed by atoms with Gasteiger partial charge in [0.25, 0.3) is 0 Å². The number of hydrogen-bond acceptors (Lipinski definition) is 8. The lowest BCUT2D eigenvalue weighted by atomic mass is 9.69. The lowest BCUT2D eigenvalue weighted by Gasteiger charge is -2.36. The van der Waals surface area contributed by atoms with Crippen molar-refractivity contribution in [3.05, 3.63) is 76.5 Å². The summed E-state index contributed by atoms with van der Waals surface area (Å²) in [5, 5.41) is 20.5. The third-order valence-electron chi connectivity index (χ3n) is 7.97. The molecule has 1 aromatic heterocycles. The standard InChI is InChI=1S/C29H32BClFN7O/c1-28(2)13-20(9-10-40-28)35-26-17(14-33)15-34-27-23(26)11-21(12-24(27)31)36-29(30,18-3-5-19(32)6-4-18)25-16-39(38-37-25)22-7-8-22/h3-6,11-12,15-16,20,22,36-38H,7-10,13,30H2,1-2H3,(H,34,35). The Morgan fingerprint density at radius 3 is 2.73 bits per heavy atom. The first-order chi connectivity index (χ1) is 19.1. The van der Waals surface area contributed by atoms with Gasteiger partial charge in [-0.25, -0.2) is 4.39 Å². The highest BCUT2D eigenvalue weighted by Crippen LogP contribution is 2.39. The quantitative estimate of drug-likeness (QED) is 0.314. The molecule has 1 saturated carbocycles. The van der Waals surface area contributed by atoms with Gasteiger partial charge in [0.05, 0.1) is 38.5 Å². The largest absolute Gasteiger partial charge is 0.380 e. The molecule has 4 N–H and O–H groups in total. The van der Waals surface area contributed by atoms with Crippen molar-refractivity contribution in [1.29, 1.82) is 5.26 Å². The van der Waals surface area contributed by atoms with E-state index in [2.05, 4.69) is 57.7 Å². The van der Waals surface area contributed by atoms with E-state index in [9.17, 15) is 9.65 Å². The fraction of sp³-hybridized carbons (Fsp3) is 0.379. The molecule has 0 spiro atoms. The van der Waals surface area contributed by atoms with Crippen LogP contribution in [-0.2, 0) is 10.2 Å². The topological polar surface area (TPSA) is 97.3 Å². The number of ether oxygens (including phenoxy) is 1. The molecule has 0 amide bonds. The smallest absolute Gasteiger partial charge is 0.148 e. The summed E-state index contributed by atoms with van der Waals surface area (Å²) in [6.45, 7) is 4.81. The number of pyridine rings is 1. The zero-order valence-corrected chi connectivity index (χ0v) is 23.6. The van der Waals surface area contributed by atoms with Crippen LogP contribution in [0, 0.1) is 17.1 Å². The van der Waals surface area contributed by atoms with Gasteiger partial charge >= 0.3 is 0 Å². The van der Waals surface area contributed by atoms with Gasteiger partial charge < -0.3 is 20.8 Å². The second kappa shape index (κ2) is 10.1. The van der Waals surface area contributed by atoms with Gasteiger partial charge in [-0.15, -0.1) is 5.53 Å². The van der Waals surface area contributed by atoms with Crippen LogP contribution in [0.1, 0.15) is 50.7 Å². The van der Waals surface area contributed by atoms with Gasteiger partial charge in [-0.1, -0.05) is 23.7 Å². The molecule has 206 valence electrons. The third kappa shape index (κ3) is 5.17. The van der Waals surface area contributed by atoms with E-state index in [-0.39, 0.29) is 17.5 Å². The molecule has 3 aromatic rings. The molecule has 2 aromatic carbocycles. The van der Waals surface area contributed by atoms with Crippen LogP contribution in [0.15, 0.2) is 54.5 Å². The molecule has 2 aliphatic heterocycles. The molecule has 0 radical (unpaired) electrons. The van der Waals surface area contributed by atoms with Crippen LogP contribution < -0.4 is 21.6 Å². The van der Waals surface area contributed by atoms with E-state index in [0.29, 0.717) is 34.4 Å². The molecule has 3 aliphatic rings. The monoisotopic (exact) mass is 559 g/mol. The predicted molar refractivity (Wildman–Crippen MR) is 158 cm³/mol. The van der Waals surface area contributed by atoms with E-state index in [1.54, 1.807) is 18.3 Å². The molecule has 2 atom stereocenters. The Morgan fingerprint density at radius 2 is 2.02 bits per heavy atom. The Kier molecular flexibility index (Phi) is 6.77. The summed E-state index contributed by atoms with van der Waals surface area (Å²) in [5.74, 6) is -0.298. The number of halogens is 2. The minimum atomic E-state index is -0.764. The second-order valence-electron chi connectivity index (χ2n) is 11.6. The summed E-state index contributed by atoms with van der Waals surface area (Å²) in [4.78, 5) is 4.52. The van der Waals surface area contributed by atoms with Gasteiger partial charge in [-0.2, -0.15) is 5.26 Å². The maximum atomic E-state index is 13.9. The summed E-state index contributed by atoms with van der Waals surface area (Å²) in [6.07, 6.45) is 7.53. The van der Waals surface area contributed by atoms with Crippen LogP contribution in [0.2, 0.25) is 5.02 Å². The summed E-state index contributed by atoms with van der Waals surface area (Å²) < 4.78 is 19.8. The number of aromatic nitrogens is 1. The minimum Gasteiger partial charge on any atom is -0.380 e. The number of benzene rings is 2. The zero-order valence-electron chi connectivity index (χ0n) is 22.8. The first-order valence-electron chi connectivity index (χ1n) is 13.6. The van der Waals surface area contributed by atoms with Crippen molar-refractivity contribution in [2.45, 2.75) is 62.7 Å². The number of rotatable bonds is 7. The SMILES string of the molecule is BC(Nc1cc(Cl)c2ncc(C#N)c(NC3CCOC(C)(C)C3)c2c1)(C1=CN(C2CC2)NN1)c1ccc(F)cc1. The zero-order chi connectivity index (χ0) is 28.1. The molecule has 11 heteroatoms. The van der Waals surface area contributed by atoms with Crippen molar-refractivity contribution < 1.29 is 9.13 Å². The van der Waals surface area contributed by atoms with Crippen molar-refractivity contribution in [2.24, 2.45) is 0 Å². The molecule has 0 bridgehead atoms. The Morgan fingerprint density at radius 1 is 1.25 bits per heavy atom. The van der Waals surface area contributed by atoms with Gasteiger partial charge in [0.2, 0.25) is 0 Å². The molecule has 3 heterocycles. The predicted octanol–water partition coefficient (Wildman–Crippen LogP) is 4.50. The van der Waals surface area contributed by atoms with Crippen molar-refractivity contribution in [3.8, 4) is 6.07 Å². The van der Waals surface area contributed by atoms with Crippen molar-refractivity contribution in [1.82, 2.24) is 21.0 Å². The van der Waals surface area contributed by atoms with Crippen LogP contribution in [0.3, 0.4) is 0 Å². The van der Waals surface area contributed by atoms with E-state index in [0.717, 1.165) is 48.0 Å². The number of hydrogen-bond donors (Lipinski definition) is 4. The van der Waals surface area contributed by atoms with E-state index in [1.165, 1.54) is 12.1 Å². The van der Waals surface area contributed by atoms with E-state index >= 15 is 0 Å². The van der Waals surface area contributed by atoms with Crippen molar-refractivity contribution in [2.75, 3.05) is 17.2 Å². The highest BCUT2D eigenvalue weighted by molar-refractivity contribution is 6.36. The molecule has 2 unspecified atom stereocenters. The summed E-state index contributed by atoms with van der Waals surface area (Å²) in [7, 11) is 2.04. The maximum absolute atomic E-state index is 13.9. The minimum absolute atomic E-state index is 0.133. The molecule has 1 saturated heterocycles. The van der Waals surface area contributed by atoms with Gasteiger partial charge in [0.1, 0.15) is 19.7 Å². The molecule has 40 heavy (non-hydrogen) atoms. The fourth-order valence-corrected chi connectivity index (χ4v) is 5.90. The molecular weight excluding hydrogens is 528 g/mol. The van der Waals surface area contributed by atoms with Gasteiger partial charge in [-0.05, 0) is 69.4 Å². The number of hydrazine groups is 2. The lowest BCUT2D eigenvalue weighted by molar-refractivity contribution is -0.0553. The summed E-state index contributed by atoms with van der Waals surface area (Å²) in [5.41, 5.74) is 9.81. The first-order valence-corrected chi connectivity index (χ1v) is 14.0. The Labute approximate surface area is 239 Å². The molecular formula is C29H32BClFN7O. The Hall–Kier alpha value is -3.52. The fourth-order valence-electron chi connectivity index (χ4n) is 5.63. The summed E-state index contributed by atoms with van der Waals surface area (Å²) in [6, 6.07) is 13.2. The summed E-state index contributed by atoms with van der Waals surface area (Å²) >= 11 is 6.81. The highest BCUT2D eigenvalue weighted by Gasteiger charge is 2.38. The highest BCUT2D eigenvalue weighted by atomic mass is 35.5. The first kappa shape index (κ1) is 26.7. The Balaban J connectivity index is 1.41. The second-order valence-corrected chi connectivity index (χ2v) is 12.0. The lowest BCUT2D eigenvalue weighted by Crippen LogP contribution is -2.45. The number of anilines is 2. The van der Waals surface area contributed by atoms with Crippen LogP contribution in [-0.4, -0.2) is 42.1 Å². The van der Waals surface area contributed by atoms with Gasteiger partial charge in [0.15, 0.2) is 0 Å². The number of nitrogens with zero attached hydrogens (tertiary/aromatic N) is 3. The van der Waals surface area contributed by atoms with Gasteiger partial charge in [-0.3, -0.25) is 9.99 Å². The van der Waals surface area contributed by atoms with Crippen LogP contribution in [0.4, 0.5) is 15.8 Å².